The molecule has 0 radical (unpaired) electrons. The van der Waals surface area contributed by atoms with Crippen LogP contribution in [0.3, 0.4) is 0 Å². The minimum Gasteiger partial charge on any atom is -0.461 e. The molecule has 0 fully saturated rings. The zero-order valence-electron chi connectivity index (χ0n) is 13.5. The van der Waals surface area contributed by atoms with Crippen molar-refractivity contribution in [2.45, 2.75) is 19.2 Å². The van der Waals surface area contributed by atoms with Crippen LogP contribution in [0.1, 0.15) is 27.9 Å². The molecule has 4 nitrogen and oxygen atoms in total. The number of ether oxygens (including phenoxy) is 1. The van der Waals surface area contributed by atoms with Crippen LogP contribution in [0.4, 0.5) is 13.2 Å². The fraction of sp³-hybridized carbons (Fsp3) is 0.222. The van der Waals surface area contributed by atoms with Gasteiger partial charge in [-0.2, -0.15) is 13.2 Å². The summed E-state index contributed by atoms with van der Waals surface area (Å²) >= 11 is 5.73. The highest BCUT2D eigenvalue weighted by Crippen LogP contribution is 2.29. The minimum atomic E-state index is -4.45. The highest BCUT2D eigenvalue weighted by molar-refractivity contribution is 6.30. The van der Waals surface area contributed by atoms with E-state index in [-0.39, 0.29) is 31.0 Å². The maximum atomic E-state index is 12.6. The van der Waals surface area contributed by atoms with Crippen molar-refractivity contribution in [3.05, 3.63) is 70.2 Å². The van der Waals surface area contributed by atoms with E-state index in [1.54, 1.807) is 24.3 Å². The molecule has 0 unspecified atom stereocenters. The number of nitrogens with one attached hydrogen (secondary N) is 1. The molecule has 8 heteroatoms. The lowest BCUT2D eigenvalue weighted by Gasteiger charge is -2.09. The standard InChI is InChI=1S/C18H15ClF3NO3/c19-15-6-4-13(5-7-15)17(25)23-9-8-16(24)26-11-12-2-1-3-14(10-12)18(20,21)22/h1-7,10H,8-9,11H2,(H,23,25). The molecular formula is C18H15ClF3NO3. The Morgan fingerprint density at radius 3 is 2.42 bits per heavy atom. The maximum absolute atomic E-state index is 12.6. The van der Waals surface area contributed by atoms with Crippen molar-refractivity contribution in [3.63, 3.8) is 0 Å². The zero-order valence-corrected chi connectivity index (χ0v) is 14.2. The largest absolute Gasteiger partial charge is 0.461 e. The Kier molecular flexibility index (Phi) is 6.63. The van der Waals surface area contributed by atoms with Crippen LogP contribution in [0.5, 0.6) is 0 Å². The average molecular weight is 386 g/mol. The summed E-state index contributed by atoms with van der Waals surface area (Å²) in [6, 6.07) is 10.8. The van der Waals surface area contributed by atoms with Crippen LogP contribution in [-0.2, 0) is 22.3 Å². The van der Waals surface area contributed by atoms with Gasteiger partial charge >= 0.3 is 12.1 Å². The van der Waals surface area contributed by atoms with E-state index in [2.05, 4.69) is 5.32 Å². The quantitative estimate of drug-likeness (QED) is 0.757. The summed E-state index contributed by atoms with van der Waals surface area (Å²) in [5.74, 6) is -0.994. The molecule has 138 valence electrons. The number of alkyl halides is 3. The summed E-state index contributed by atoms with van der Waals surface area (Å²) in [6.45, 7) is -0.225. The molecule has 1 N–H and O–H groups in total. The third-order valence-electron chi connectivity index (χ3n) is 3.38. The molecule has 0 aliphatic carbocycles. The third-order valence-corrected chi connectivity index (χ3v) is 3.63. The van der Waals surface area contributed by atoms with Crippen LogP contribution in [-0.4, -0.2) is 18.4 Å². The maximum Gasteiger partial charge on any atom is 0.416 e. The summed E-state index contributed by atoms with van der Waals surface area (Å²) < 4.78 is 42.8. The number of benzene rings is 2. The summed E-state index contributed by atoms with van der Waals surface area (Å²) in [7, 11) is 0. The molecule has 0 saturated heterocycles. The van der Waals surface area contributed by atoms with Crippen LogP contribution < -0.4 is 5.32 Å². The van der Waals surface area contributed by atoms with Crippen molar-refractivity contribution < 1.29 is 27.5 Å². The van der Waals surface area contributed by atoms with Gasteiger partial charge in [-0.15, -0.1) is 0 Å². The Balaban J connectivity index is 1.75. The lowest BCUT2D eigenvalue weighted by Crippen LogP contribution is -2.26. The number of amides is 1. The van der Waals surface area contributed by atoms with E-state index in [0.29, 0.717) is 10.6 Å². The van der Waals surface area contributed by atoms with Crippen molar-refractivity contribution in [1.29, 1.82) is 0 Å². The molecular weight excluding hydrogens is 371 g/mol. The normalized spacial score (nSPS) is 11.1. The first kappa shape index (κ1) is 19.8. The van der Waals surface area contributed by atoms with Gasteiger partial charge in [0.15, 0.2) is 0 Å². The Morgan fingerprint density at radius 1 is 1.08 bits per heavy atom. The van der Waals surface area contributed by atoms with Gasteiger partial charge in [0.05, 0.1) is 12.0 Å². The molecule has 0 atom stereocenters. The summed E-state index contributed by atoms with van der Waals surface area (Å²) in [4.78, 5) is 23.5. The van der Waals surface area contributed by atoms with E-state index in [0.717, 1.165) is 12.1 Å². The Labute approximate surface area is 152 Å². The fourth-order valence-electron chi connectivity index (χ4n) is 2.05. The Morgan fingerprint density at radius 2 is 1.77 bits per heavy atom. The summed E-state index contributed by atoms with van der Waals surface area (Å²) in [5.41, 5.74) is -0.175. The van der Waals surface area contributed by atoms with Crippen molar-refractivity contribution in [2.75, 3.05) is 6.54 Å². The lowest BCUT2D eigenvalue weighted by atomic mass is 10.1. The van der Waals surface area contributed by atoms with Gasteiger partial charge < -0.3 is 10.1 Å². The molecule has 0 aliphatic heterocycles. The first-order chi connectivity index (χ1) is 12.3. The van der Waals surface area contributed by atoms with Gasteiger partial charge in [0.25, 0.3) is 5.91 Å². The number of halogens is 4. The Hall–Kier alpha value is -2.54. The van der Waals surface area contributed by atoms with Gasteiger partial charge in [-0.25, -0.2) is 0 Å². The highest BCUT2D eigenvalue weighted by atomic mass is 35.5. The number of carbonyl (C=O) groups is 2. The second kappa shape index (κ2) is 8.71. The molecule has 0 aliphatic rings. The van der Waals surface area contributed by atoms with Crippen LogP contribution in [0.2, 0.25) is 5.02 Å². The van der Waals surface area contributed by atoms with Gasteiger partial charge in [-0.1, -0.05) is 23.7 Å². The highest BCUT2D eigenvalue weighted by Gasteiger charge is 2.30. The number of carbonyl (C=O) groups excluding carboxylic acids is 2. The first-order valence-corrected chi connectivity index (χ1v) is 7.99. The van der Waals surface area contributed by atoms with Crippen molar-refractivity contribution >= 4 is 23.5 Å². The second-order valence-corrected chi connectivity index (χ2v) is 5.81. The Bertz CT molecular complexity index is 776. The molecule has 0 aromatic heterocycles. The van der Waals surface area contributed by atoms with E-state index in [4.69, 9.17) is 16.3 Å². The molecule has 0 saturated carbocycles. The van der Waals surface area contributed by atoms with Crippen LogP contribution in [0.15, 0.2) is 48.5 Å². The fourth-order valence-corrected chi connectivity index (χ4v) is 2.18. The van der Waals surface area contributed by atoms with E-state index in [1.165, 1.54) is 12.1 Å². The van der Waals surface area contributed by atoms with Crippen LogP contribution >= 0.6 is 11.6 Å². The molecule has 2 aromatic rings. The molecule has 2 rings (SSSR count). The van der Waals surface area contributed by atoms with E-state index < -0.39 is 17.7 Å². The van der Waals surface area contributed by atoms with E-state index in [9.17, 15) is 22.8 Å². The predicted molar refractivity (Wildman–Crippen MR) is 89.6 cm³/mol. The topological polar surface area (TPSA) is 55.4 Å². The average Bonchev–Trinajstić information content (AvgIpc) is 2.60. The first-order valence-electron chi connectivity index (χ1n) is 7.61. The van der Waals surface area contributed by atoms with Crippen molar-refractivity contribution in [2.24, 2.45) is 0 Å². The number of hydrogen-bond acceptors (Lipinski definition) is 3. The smallest absolute Gasteiger partial charge is 0.416 e. The van der Waals surface area contributed by atoms with Gasteiger partial charge in [0, 0.05) is 17.1 Å². The monoisotopic (exact) mass is 385 g/mol. The minimum absolute atomic E-state index is 0.0445. The van der Waals surface area contributed by atoms with E-state index >= 15 is 0 Å². The van der Waals surface area contributed by atoms with Gasteiger partial charge in [0.2, 0.25) is 0 Å². The molecule has 26 heavy (non-hydrogen) atoms. The van der Waals surface area contributed by atoms with E-state index in [1.807, 2.05) is 0 Å². The number of esters is 1. The van der Waals surface area contributed by atoms with Crippen molar-refractivity contribution in [1.82, 2.24) is 5.32 Å². The summed E-state index contributed by atoms with van der Waals surface area (Å²) in [6.07, 6.45) is -4.55. The lowest BCUT2D eigenvalue weighted by molar-refractivity contribution is -0.144. The number of hydrogen-bond donors (Lipinski definition) is 1. The third kappa shape index (κ3) is 6.07. The second-order valence-electron chi connectivity index (χ2n) is 5.37. The number of rotatable bonds is 6. The van der Waals surface area contributed by atoms with Gasteiger partial charge in [-0.3, -0.25) is 9.59 Å². The molecule has 2 aromatic carbocycles. The van der Waals surface area contributed by atoms with Gasteiger partial charge in [0.1, 0.15) is 6.61 Å². The predicted octanol–water partition coefficient (Wildman–Crippen LogP) is 4.22. The van der Waals surface area contributed by atoms with Crippen molar-refractivity contribution in [3.8, 4) is 0 Å². The van der Waals surface area contributed by atoms with Crippen LogP contribution in [0, 0.1) is 0 Å². The van der Waals surface area contributed by atoms with Gasteiger partial charge in [-0.05, 0) is 42.0 Å². The SMILES string of the molecule is O=C(CCNC(=O)c1ccc(Cl)cc1)OCc1cccc(C(F)(F)F)c1. The molecule has 0 spiro atoms. The van der Waals surface area contributed by atoms with Crippen LogP contribution in [0.25, 0.3) is 0 Å². The molecule has 0 bridgehead atoms. The molecule has 1 amide bonds. The summed E-state index contributed by atoms with van der Waals surface area (Å²) in [5, 5.41) is 3.04. The zero-order chi connectivity index (χ0) is 19.2. The molecule has 0 heterocycles.